The average molecular weight is 299 g/mol. The number of Topliss-reactive ketones (excluding diaryl/α,β-unsaturated/α-hetero) is 1. The summed E-state index contributed by atoms with van der Waals surface area (Å²) in [6, 6.07) is 18.3. The minimum absolute atomic E-state index is 0.157. The summed E-state index contributed by atoms with van der Waals surface area (Å²) < 4.78 is 0. The fraction of sp³-hybridized carbons (Fsp3) is 0.176. The topological polar surface area (TPSA) is 37.4 Å². The highest BCUT2D eigenvalue weighted by Crippen LogP contribution is 2.20. The van der Waals surface area contributed by atoms with Crippen LogP contribution in [-0.4, -0.2) is 30.2 Å². The van der Waals surface area contributed by atoms with Crippen LogP contribution in [0.4, 0.5) is 5.69 Å². The SMILES string of the molecule is CSC(C(=O)c1ccccc1)C(=O)N(C)c1ccccc1. The van der Waals surface area contributed by atoms with Crippen molar-refractivity contribution >= 4 is 29.1 Å². The molecule has 2 aromatic carbocycles. The lowest BCUT2D eigenvalue weighted by atomic mass is 10.1. The first kappa shape index (κ1) is 15.3. The van der Waals surface area contributed by atoms with E-state index in [1.54, 1.807) is 37.6 Å². The van der Waals surface area contributed by atoms with E-state index < -0.39 is 5.25 Å². The molecule has 2 rings (SSSR count). The van der Waals surface area contributed by atoms with Crippen molar-refractivity contribution in [3.8, 4) is 0 Å². The standard InChI is InChI=1S/C17H17NO2S/c1-18(14-11-7-4-8-12-14)17(20)16(21-2)15(19)13-9-5-3-6-10-13/h3-12,16H,1-2H3. The van der Waals surface area contributed by atoms with Crippen LogP contribution >= 0.6 is 11.8 Å². The monoisotopic (exact) mass is 299 g/mol. The molecule has 1 atom stereocenters. The third-order valence-electron chi connectivity index (χ3n) is 3.23. The molecule has 108 valence electrons. The molecule has 0 aliphatic rings. The van der Waals surface area contributed by atoms with Crippen LogP contribution in [0.3, 0.4) is 0 Å². The van der Waals surface area contributed by atoms with Crippen molar-refractivity contribution in [2.24, 2.45) is 0 Å². The van der Waals surface area contributed by atoms with Gasteiger partial charge in [0.15, 0.2) is 5.78 Å². The molecule has 3 nitrogen and oxygen atoms in total. The Balaban J connectivity index is 2.21. The highest BCUT2D eigenvalue weighted by molar-refractivity contribution is 8.00. The molecule has 0 aliphatic heterocycles. The Hall–Kier alpha value is -2.07. The highest BCUT2D eigenvalue weighted by Gasteiger charge is 2.29. The lowest BCUT2D eigenvalue weighted by Gasteiger charge is -2.22. The summed E-state index contributed by atoms with van der Waals surface area (Å²) in [5.41, 5.74) is 1.34. The number of ketones is 1. The Labute approximate surface area is 129 Å². The molecule has 2 aromatic rings. The zero-order valence-electron chi connectivity index (χ0n) is 12.0. The molecular formula is C17H17NO2S. The third kappa shape index (κ3) is 3.52. The molecule has 4 heteroatoms. The van der Waals surface area contributed by atoms with Crippen LogP contribution in [0.5, 0.6) is 0 Å². The number of thioether (sulfide) groups is 1. The van der Waals surface area contributed by atoms with E-state index >= 15 is 0 Å². The van der Waals surface area contributed by atoms with Gasteiger partial charge in [-0.05, 0) is 18.4 Å². The Morgan fingerprint density at radius 1 is 0.952 bits per heavy atom. The molecule has 0 heterocycles. The lowest BCUT2D eigenvalue weighted by molar-refractivity contribution is -0.117. The number of hydrogen-bond donors (Lipinski definition) is 0. The second-order valence-electron chi connectivity index (χ2n) is 4.58. The minimum atomic E-state index is -0.724. The zero-order valence-corrected chi connectivity index (χ0v) is 12.8. The van der Waals surface area contributed by atoms with Crippen LogP contribution in [0.2, 0.25) is 0 Å². The van der Waals surface area contributed by atoms with Crippen LogP contribution in [0, 0.1) is 0 Å². The molecular weight excluding hydrogens is 282 g/mol. The van der Waals surface area contributed by atoms with Crippen LogP contribution < -0.4 is 4.90 Å². The normalized spacial score (nSPS) is 11.7. The van der Waals surface area contributed by atoms with E-state index in [1.807, 2.05) is 36.4 Å². The largest absolute Gasteiger partial charge is 0.314 e. The Bertz CT molecular complexity index is 613. The van der Waals surface area contributed by atoms with Gasteiger partial charge in [-0.15, -0.1) is 11.8 Å². The molecule has 0 aromatic heterocycles. The van der Waals surface area contributed by atoms with Gasteiger partial charge in [-0.3, -0.25) is 9.59 Å². The molecule has 0 fully saturated rings. The maximum atomic E-state index is 12.6. The van der Waals surface area contributed by atoms with E-state index in [9.17, 15) is 9.59 Å². The lowest BCUT2D eigenvalue weighted by Crippen LogP contribution is -2.39. The number of nitrogens with zero attached hydrogens (tertiary/aromatic N) is 1. The number of carbonyl (C=O) groups is 2. The first-order valence-corrected chi connectivity index (χ1v) is 7.88. The van der Waals surface area contributed by atoms with E-state index in [-0.39, 0.29) is 11.7 Å². The first-order valence-electron chi connectivity index (χ1n) is 6.60. The van der Waals surface area contributed by atoms with Crippen molar-refractivity contribution in [3.05, 3.63) is 66.2 Å². The van der Waals surface area contributed by atoms with Gasteiger partial charge < -0.3 is 4.90 Å². The van der Waals surface area contributed by atoms with Crippen molar-refractivity contribution in [1.82, 2.24) is 0 Å². The molecule has 0 saturated carbocycles. The Morgan fingerprint density at radius 3 is 2.00 bits per heavy atom. The Morgan fingerprint density at radius 2 is 1.48 bits per heavy atom. The van der Waals surface area contributed by atoms with Crippen LogP contribution in [0.1, 0.15) is 10.4 Å². The van der Waals surface area contributed by atoms with Gasteiger partial charge in [0.2, 0.25) is 5.91 Å². The van der Waals surface area contributed by atoms with Crippen molar-refractivity contribution < 1.29 is 9.59 Å². The predicted octanol–water partition coefficient (Wildman–Crippen LogP) is 3.26. The second kappa shape index (κ2) is 7.09. The number of para-hydroxylation sites is 1. The van der Waals surface area contributed by atoms with E-state index in [0.717, 1.165) is 5.69 Å². The number of rotatable bonds is 5. The highest BCUT2D eigenvalue weighted by atomic mass is 32.2. The maximum absolute atomic E-state index is 12.6. The van der Waals surface area contributed by atoms with Crippen LogP contribution in [0.25, 0.3) is 0 Å². The molecule has 0 saturated heterocycles. The summed E-state index contributed by atoms with van der Waals surface area (Å²) in [6.07, 6.45) is 1.78. The van der Waals surface area contributed by atoms with Crippen molar-refractivity contribution in [2.45, 2.75) is 5.25 Å². The van der Waals surface area contributed by atoms with Gasteiger partial charge in [0.05, 0.1) is 0 Å². The van der Waals surface area contributed by atoms with Gasteiger partial charge >= 0.3 is 0 Å². The molecule has 0 N–H and O–H groups in total. The summed E-state index contributed by atoms with van der Waals surface area (Å²) in [4.78, 5) is 26.6. The van der Waals surface area contributed by atoms with Crippen LogP contribution in [-0.2, 0) is 4.79 Å². The molecule has 0 aliphatic carbocycles. The molecule has 21 heavy (non-hydrogen) atoms. The van der Waals surface area contributed by atoms with Crippen molar-refractivity contribution in [2.75, 3.05) is 18.2 Å². The number of anilines is 1. The predicted molar refractivity (Wildman–Crippen MR) is 87.9 cm³/mol. The first-order chi connectivity index (χ1) is 10.1. The summed E-state index contributed by atoms with van der Waals surface area (Å²) in [5, 5.41) is -0.724. The van der Waals surface area contributed by atoms with Gasteiger partial charge in [0, 0.05) is 18.3 Å². The van der Waals surface area contributed by atoms with E-state index in [4.69, 9.17) is 0 Å². The maximum Gasteiger partial charge on any atom is 0.247 e. The Kier molecular flexibility index (Phi) is 5.17. The fourth-order valence-electron chi connectivity index (χ4n) is 2.03. The van der Waals surface area contributed by atoms with Gasteiger partial charge in [-0.1, -0.05) is 48.5 Å². The fourth-order valence-corrected chi connectivity index (χ4v) is 2.74. The van der Waals surface area contributed by atoms with Gasteiger partial charge in [-0.2, -0.15) is 0 Å². The summed E-state index contributed by atoms with van der Waals surface area (Å²) in [5.74, 6) is -0.363. The third-order valence-corrected chi connectivity index (χ3v) is 4.12. The summed E-state index contributed by atoms with van der Waals surface area (Å²) in [6.45, 7) is 0. The second-order valence-corrected chi connectivity index (χ2v) is 5.52. The van der Waals surface area contributed by atoms with Gasteiger partial charge in [0.25, 0.3) is 0 Å². The number of hydrogen-bond acceptors (Lipinski definition) is 3. The molecule has 0 spiro atoms. The van der Waals surface area contributed by atoms with E-state index in [1.165, 1.54) is 16.7 Å². The van der Waals surface area contributed by atoms with Gasteiger partial charge in [0.1, 0.15) is 5.25 Å². The summed E-state index contributed by atoms with van der Waals surface area (Å²) in [7, 11) is 1.69. The van der Waals surface area contributed by atoms with Crippen molar-refractivity contribution in [1.29, 1.82) is 0 Å². The van der Waals surface area contributed by atoms with E-state index in [2.05, 4.69) is 0 Å². The van der Waals surface area contributed by atoms with E-state index in [0.29, 0.717) is 5.56 Å². The quantitative estimate of drug-likeness (QED) is 0.628. The number of carbonyl (C=O) groups excluding carboxylic acids is 2. The van der Waals surface area contributed by atoms with Crippen molar-refractivity contribution in [3.63, 3.8) is 0 Å². The molecule has 0 bridgehead atoms. The smallest absolute Gasteiger partial charge is 0.247 e. The number of benzene rings is 2. The minimum Gasteiger partial charge on any atom is -0.314 e. The zero-order chi connectivity index (χ0) is 15.2. The average Bonchev–Trinajstić information content (AvgIpc) is 2.56. The van der Waals surface area contributed by atoms with Gasteiger partial charge in [-0.25, -0.2) is 0 Å². The summed E-state index contributed by atoms with van der Waals surface area (Å²) >= 11 is 1.26. The molecule has 0 radical (unpaired) electrons. The molecule has 1 unspecified atom stereocenters. The molecule has 1 amide bonds. The number of amides is 1. The van der Waals surface area contributed by atoms with Crippen LogP contribution in [0.15, 0.2) is 60.7 Å².